The van der Waals surface area contributed by atoms with Crippen LogP contribution in [0.5, 0.6) is 5.75 Å². The predicted molar refractivity (Wildman–Crippen MR) is 78.4 cm³/mol. The van der Waals surface area contributed by atoms with Crippen LogP contribution >= 0.6 is 0 Å². The molecule has 0 saturated carbocycles. The van der Waals surface area contributed by atoms with Crippen molar-refractivity contribution in [2.75, 3.05) is 13.2 Å². The van der Waals surface area contributed by atoms with E-state index in [0.717, 1.165) is 5.75 Å². The van der Waals surface area contributed by atoms with Crippen molar-refractivity contribution in [3.05, 3.63) is 30.3 Å². The Balaban J connectivity index is 2.22. The highest BCUT2D eigenvalue weighted by Gasteiger charge is 2.23. The van der Waals surface area contributed by atoms with Gasteiger partial charge in [0.2, 0.25) is 0 Å². The van der Waals surface area contributed by atoms with Crippen molar-refractivity contribution in [1.82, 2.24) is 5.32 Å². The Morgan fingerprint density at radius 1 is 1.35 bits per heavy atom. The summed E-state index contributed by atoms with van der Waals surface area (Å²) in [7, 11) is 0. The number of nitrogens with two attached hydrogens (primary N) is 1. The number of aliphatic hydroxyl groups is 1. The van der Waals surface area contributed by atoms with Gasteiger partial charge in [-0.15, -0.1) is 0 Å². The third kappa shape index (κ3) is 6.04. The van der Waals surface area contributed by atoms with Crippen LogP contribution in [-0.4, -0.2) is 36.3 Å². The molecular formula is C15H24N2O3. The minimum Gasteiger partial charge on any atom is -0.492 e. The third-order valence-electron chi connectivity index (χ3n) is 2.83. The molecule has 0 spiro atoms. The number of carbonyl (C=O) groups is 1. The smallest absolute Gasteiger partial charge is 0.250 e. The zero-order valence-electron chi connectivity index (χ0n) is 12.1. The van der Waals surface area contributed by atoms with E-state index >= 15 is 0 Å². The zero-order chi connectivity index (χ0) is 15.0. The van der Waals surface area contributed by atoms with Gasteiger partial charge in [0.25, 0.3) is 5.91 Å². The van der Waals surface area contributed by atoms with Gasteiger partial charge in [-0.05, 0) is 24.5 Å². The summed E-state index contributed by atoms with van der Waals surface area (Å²) in [6.07, 6.45) is -0.566. The van der Waals surface area contributed by atoms with Crippen molar-refractivity contribution in [2.45, 2.75) is 32.4 Å². The maximum absolute atomic E-state index is 11.7. The summed E-state index contributed by atoms with van der Waals surface area (Å²) in [5.74, 6) is 0.641. The van der Waals surface area contributed by atoms with Crippen molar-refractivity contribution < 1.29 is 14.6 Å². The van der Waals surface area contributed by atoms with Gasteiger partial charge in [0.1, 0.15) is 18.5 Å². The van der Waals surface area contributed by atoms with Gasteiger partial charge in [-0.2, -0.15) is 0 Å². The molecule has 0 aliphatic heterocycles. The molecule has 5 nitrogen and oxygen atoms in total. The first-order chi connectivity index (χ1) is 9.50. The lowest BCUT2D eigenvalue weighted by Gasteiger charge is -2.19. The number of benzene rings is 1. The van der Waals surface area contributed by atoms with Crippen LogP contribution in [0.25, 0.3) is 0 Å². The molecule has 0 heterocycles. The Morgan fingerprint density at radius 2 is 2.00 bits per heavy atom. The molecule has 0 radical (unpaired) electrons. The number of aliphatic hydroxyl groups excluding tert-OH is 1. The summed E-state index contributed by atoms with van der Waals surface area (Å²) < 4.78 is 5.43. The number of carbonyl (C=O) groups excluding carboxylic acids is 1. The lowest BCUT2D eigenvalue weighted by Crippen LogP contribution is -2.47. The van der Waals surface area contributed by atoms with Gasteiger partial charge in [0, 0.05) is 6.04 Å². The van der Waals surface area contributed by atoms with Crippen molar-refractivity contribution in [1.29, 1.82) is 0 Å². The van der Waals surface area contributed by atoms with E-state index in [1.165, 1.54) is 0 Å². The van der Waals surface area contributed by atoms with Crippen LogP contribution in [0.4, 0.5) is 0 Å². The highest BCUT2D eigenvalue weighted by atomic mass is 16.5. The van der Waals surface area contributed by atoms with E-state index in [-0.39, 0.29) is 0 Å². The second-order valence-electron chi connectivity index (χ2n) is 5.19. The largest absolute Gasteiger partial charge is 0.492 e. The summed E-state index contributed by atoms with van der Waals surface area (Å²) in [6, 6.07) is 8.81. The normalized spacial score (nSPS) is 13.8. The molecule has 1 aromatic carbocycles. The Labute approximate surface area is 120 Å². The average Bonchev–Trinajstić information content (AvgIpc) is 2.43. The zero-order valence-corrected chi connectivity index (χ0v) is 12.1. The first-order valence-electron chi connectivity index (χ1n) is 6.90. The van der Waals surface area contributed by atoms with Crippen LogP contribution in [0.15, 0.2) is 30.3 Å². The Hall–Kier alpha value is -1.59. The van der Waals surface area contributed by atoms with Gasteiger partial charge >= 0.3 is 0 Å². The lowest BCUT2D eigenvalue weighted by atomic mass is 10.00. The van der Waals surface area contributed by atoms with E-state index in [1.54, 1.807) is 0 Å². The summed E-state index contributed by atoms with van der Waals surface area (Å²) in [5.41, 5.74) is 5.77. The molecule has 1 unspecified atom stereocenters. The Kier molecular flexibility index (Phi) is 7.04. The second kappa shape index (κ2) is 8.55. The monoisotopic (exact) mass is 280 g/mol. The van der Waals surface area contributed by atoms with Gasteiger partial charge in [-0.25, -0.2) is 0 Å². The molecule has 2 atom stereocenters. The van der Waals surface area contributed by atoms with Crippen molar-refractivity contribution in [3.63, 3.8) is 0 Å². The van der Waals surface area contributed by atoms with E-state index in [2.05, 4.69) is 5.32 Å². The summed E-state index contributed by atoms with van der Waals surface area (Å²) in [4.78, 5) is 11.7. The van der Waals surface area contributed by atoms with E-state index < -0.39 is 18.1 Å². The van der Waals surface area contributed by atoms with Crippen LogP contribution in [0.3, 0.4) is 0 Å². The highest BCUT2D eigenvalue weighted by molar-refractivity contribution is 5.81. The Morgan fingerprint density at radius 3 is 2.60 bits per heavy atom. The molecular weight excluding hydrogens is 256 g/mol. The summed E-state index contributed by atoms with van der Waals surface area (Å²) in [5, 5.41) is 12.4. The van der Waals surface area contributed by atoms with Gasteiger partial charge in [0.15, 0.2) is 0 Å². The van der Waals surface area contributed by atoms with E-state index in [1.807, 2.05) is 44.2 Å². The molecule has 112 valence electrons. The molecule has 1 aromatic rings. The minimum atomic E-state index is -1.17. The number of hydrogen-bond acceptors (Lipinski definition) is 4. The topological polar surface area (TPSA) is 84.6 Å². The van der Waals surface area contributed by atoms with E-state index in [0.29, 0.717) is 25.5 Å². The minimum absolute atomic E-state index is 0.333. The maximum atomic E-state index is 11.7. The molecule has 1 amide bonds. The second-order valence-corrected chi connectivity index (χ2v) is 5.19. The molecule has 20 heavy (non-hydrogen) atoms. The van der Waals surface area contributed by atoms with Crippen molar-refractivity contribution in [3.8, 4) is 5.75 Å². The first-order valence-corrected chi connectivity index (χ1v) is 6.90. The van der Waals surface area contributed by atoms with Crippen LogP contribution in [0.2, 0.25) is 0 Å². The molecule has 0 fully saturated rings. The number of hydrogen-bond donors (Lipinski definition) is 3. The lowest BCUT2D eigenvalue weighted by molar-refractivity contribution is -0.130. The molecule has 0 aliphatic rings. The fourth-order valence-corrected chi connectivity index (χ4v) is 1.83. The molecule has 1 rings (SSSR count). The van der Waals surface area contributed by atoms with Gasteiger partial charge in [0.05, 0.1) is 6.54 Å². The Bertz CT molecular complexity index is 395. The number of para-hydroxylation sites is 1. The van der Waals surface area contributed by atoms with E-state index in [4.69, 9.17) is 10.5 Å². The predicted octanol–water partition coefficient (Wildman–Crippen LogP) is 0.916. The molecule has 0 saturated heterocycles. The molecule has 0 aliphatic carbocycles. The summed E-state index contributed by atoms with van der Waals surface area (Å²) >= 11 is 0. The summed E-state index contributed by atoms with van der Waals surface area (Å²) in [6.45, 7) is 4.68. The van der Waals surface area contributed by atoms with Gasteiger partial charge in [-0.1, -0.05) is 32.0 Å². The number of nitrogens with one attached hydrogen (secondary N) is 1. The van der Waals surface area contributed by atoms with Gasteiger partial charge < -0.3 is 20.9 Å². The molecule has 5 heteroatoms. The highest BCUT2D eigenvalue weighted by Crippen LogP contribution is 2.08. The fourth-order valence-electron chi connectivity index (χ4n) is 1.83. The number of amides is 1. The third-order valence-corrected chi connectivity index (χ3v) is 2.83. The van der Waals surface area contributed by atoms with Crippen LogP contribution < -0.4 is 15.8 Å². The quantitative estimate of drug-likeness (QED) is 0.618. The van der Waals surface area contributed by atoms with E-state index in [9.17, 15) is 9.90 Å². The molecule has 0 bridgehead atoms. The van der Waals surface area contributed by atoms with Crippen LogP contribution in [0.1, 0.15) is 20.3 Å². The van der Waals surface area contributed by atoms with Crippen molar-refractivity contribution in [2.24, 2.45) is 11.7 Å². The fraction of sp³-hybridized carbons (Fsp3) is 0.533. The standard InChI is InChI=1S/C15H24N2O3/c1-11(2)10-13(16)14(18)15(19)17-8-9-20-12-6-4-3-5-7-12/h3-7,11,13-14,18H,8-10,16H2,1-2H3,(H,17,19)/t13-,14?/m0/s1. The van der Waals surface area contributed by atoms with Crippen LogP contribution in [-0.2, 0) is 4.79 Å². The number of rotatable bonds is 8. The first kappa shape index (κ1) is 16.5. The van der Waals surface area contributed by atoms with Crippen molar-refractivity contribution >= 4 is 5.91 Å². The number of ether oxygens (including phenoxy) is 1. The molecule has 4 N–H and O–H groups in total. The average molecular weight is 280 g/mol. The SMILES string of the molecule is CC(C)C[C@H](N)C(O)C(=O)NCCOc1ccccc1. The molecule has 0 aromatic heterocycles. The van der Waals surface area contributed by atoms with Crippen LogP contribution in [0, 0.1) is 5.92 Å². The maximum Gasteiger partial charge on any atom is 0.250 e. The van der Waals surface area contributed by atoms with Gasteiger partial charge in [-0.3, -0.25) is 4.79 Å².